The van der Waals surface area contributed by atoms with E-state index in [-0.39, 0.29) is 5.56 Å². The lowest BCUT2D eigenvalue weighted by Gasteiger charge is -2.21. The van der Waals surface area contributed by atoms with Crippen molar-refractivity contribution >= 4 is 5.69 Å². The summed E-state index contributed by atoms with van der Waals surface area (Å²) < 4.78 is 19.3. The molecule has 3 nitrogen and oxygen atoms in total. The average molecular weight is 284 g/mol. The van der Waals surface area contributed by atoms with Crippen molar-refractivity contribution in [3.05, 3.63) is 59.4 Å². The topological polar surface area (TPSA) is 36.3 Å². The van der Waals surface area contributed by atoms with Gasteiger partial charge in [-0.1, -0.05) is 24.3 Å². The molecule has 0 aliphatic carbocycles. The lowest BCUT2D eigenvalue weighted by atomic mass is 10.1. The SMILES string of the molecule is Cc1ccccc1OCCN(C)c1cccc(F)c1C#N. The number of nitriles is 1. The van der Waals surface area contributed by atoms with Gasteiger partial charge in [-0.05, 0) is 30.7 Å². The second-order valence-corrected chi connectivity index (χ2v) is 4.78. The van der Waals surface area contributed by atoms with Crippen molar-refractivity contribution < 1.29 is 9.13 Å². The molecular formula is C17H17FN2O. The Morgan fingerprint density at radius 3 is 2.67 bits per heavy atom. The normalized spacial score (nSPS) is 10.0. The Balaban J connectivity index is 2.00. The number of hydrogen-bond acceptors (Lipinski definition) is 3. The summed E-state index contributed by atoms with van der Waals surface area (Å²) in [6.07, 6.45) is 0. The van der Waals surface area contributed by atoms with Gasteiger partial charge < -0.3 is 9.64 Å². The van der Waals surface area contributed by atoms with Crippen LogP contribution in [0, 0.1) is 24.1 Å². The van der Waals surface area contributed by atoms with Gasteiger partial charge in [0, 0.05) is 7.05 Å². The first kappa shape index (κ1) is 14.9. The first-order valence-corrected chi connectivity index (χ1v) is 6.71. The minimum Gasteiger partial charge on any atom is -0.491 e. The first-order chi connectivity index (χ1) is 10.1. The predicted molar refractivity (Wildman–Crippen MR) is 81.1 cm³/mol. The minimum absolute atomic E-state index is 0.0656. The zero-order chi connectivity index (χ0) is 15.2. The third kappa shape index (κ3) is 3.51. The molecule has 4 heteroatoms. The Morgan fingerprint density at radius 1 is 1.19 bits per heavy atom. The lowest BCUT2D eigenvalue weighted by molar-refractivity contribution is 0.323. The summed E-state index contributed by atoms with van der Waals surface area (Å²) in [5.41, 5.74) is 1.71. The molecule has 21 heavy (non-hydrogen) atoms. The third-order valence-electron chi connectivity index (χ3n) is 3.29. The van der Waals surface area contributed by atoms with Crippen molar-refractivity contribution in [1.29, 1.82) is 5.26 Å². The van der Waals surface area contributed by atoms with Gasteiger partial charge in [-0.2, -0.15) is 5.26 Å². The van der Waals surface area contributed by atoms with E-state index in [1.54, 1.807) is 12.1 Å². The Labute approximate surface area is 124 Å². The number of benzene rings is 2. The molecule has 2 rings (SSSR count). The number of aryl methyl sites for hydroxylation is 1. The fraction of sp³-hybridized carbons (Fsp3) is 0.235. The van der Waals surface area contributed by atoms with Crippen molar-refractivity contribution in [3.8, 4) is 11.8 Å². The van der Waals surface area contributed by atoms with Crippen LogP contribution >= 0.6 is 0 Å². The molecule has 0 aliphatic heterocycles. The van der Waals surface area contributed by atoms with Crippen LogP contribution in [0.1, 0.15) is 11.1 Å². The molecule has 0 aliphatic rings. The summed E-state index contributed by atoms with van der Waals surface area (Å²) in [5.74, 6) is 0.340. The van der Waals surface area contributed by atoms with Gasteiger partial charge in [0.05, 0.1) is 12.2 Å². The smallest absolute Gasteiger partial charge is 0.143 e. The maximum atomic E-state index is 13.6. The molecule has 2 aromatic rings. The van der Waals surface area contributed by atoms with Crippen molar-refractivity contribution in [3.63, 3.8) is 0 Å². The summed E-state index contributed by atoms with van der Waals surface area (Å²) in [6.45, 7) is 3.01. The number of rotatable bonds is 5. The van der Waals surface area contributed by atoms with E-state index in [2.05, 4.69) is 0 Å². The summed E-state index contributed by atoms with van der Waals surface area (Å²) in [5, 5.41) is 9.04. The molecule has 0 saturated carbocycles. The van der Waals surface area contributed by atoms with Gasteiger partial charge in [0.25, 0.3) is 0 Å². The second-order valence-electron chi connectivity index (χ2n) is 4.78. The fourth-order valence-electron chi connectivity index (χ4n) is 2.07. The molecule has 108 valence electrons. The van der Waals surface area contributed by atoms with E-state index in [4.69, 9.17) is 10.00 Å². The highest BCUT2D eigenvalue weighted by Crippen LogP contribution is 2.21. The molecule has 0 unspecified atom stereocenters. The molecule has 0 spiro atoms. The average Bonchev–Trinajstić information content (AvgIpc) is 2.48. The van der Waals surface area contributed by atoms with E-state index in [1.807, 2.05) is 49.2 Å². The summed E-state index contributed by atoms with van der Waals surface area (Å²) >= 11 is 0. The summed E-state index contributed by atoms with van der Waals surface area (Å²) in [7, 11) is 1.82. The zero-order valence-electron chi connectivity index (χ0n) is 12.1. The molecule has 0 aromatic heterocycles. The van der Waals surface area contributed by atoms with E-state index in [0.29, 0.717) is 18.8 Å². The number of halogens is 1. The van der Waals surface area contributed by atoms with Crippen LogP contribution in [0.5, 0.6) is 5.75 Å². The number of ether oxygens (including phenoxy) is 1. The van der Waals surface area contributed by atoms with Gasteiger partial charge in [-0.3, -0.25) is 0 Å². The quantitative estimate of drug-likeness (QED) is 0.843. The molecule has 0 N–H and O–H groups in total. The van der Waals surface area contributed by atoms with Crippen molar-refractivity contribution in [2.75, 3.05) is 25.1 Å². The van der Waals surface area contributed by atoms with Crippen LogP contribution in [0.25, 0.3) is 0 Å². The fourth-order valence-corrected chi connectivity index (χ4v) is 2.07. The monoisotopic (exact) mass is 284 g/mol. The standard InChI is InChI=1S/C17H17FN2O/c1-13-6-3-4-9-17(13)21-11-10-20(2)16-8-5-7-15(18)14(16)12-19/h3-9H,10-11H2,1-2H3. The molecule has 0 amide bonds. The maximum Gasteiger partial charge on any atom is 0.143 e. The van der Waals surface area contributed by atoms with Crippen LogP contribution in [-0.4, -0.2) is 20.2 Å². The maximum absolute atomic E-state index is 13.6. The van der Waals surface area contributed by atoms with Gasteiger partial charge in [0.1, 0.15) is 29.8 Å². The molecule has 0 radical (unpaired) electrons. The Morgan fingerprint density at radius 2 is 1.95 bits per heavy atom. The zero-order valence-corrected chi connectivity index (χ0v) is 12.1. The highest BCUT2D eigenvalue weighted by atomic mass is 19.1. The van der Waals surface area contributed by atoms with Crippen molar-refractivity contribution in [1.82, 2.24) is 0 Å². The first-order valence-electron chi connectivity index (χ1n) is 6.71. The van der Waals surface area contributed by atoms with Gasteiger partial charge in [-0.15, -0.1) is 0 Å². The molecule has 0 saturated heterocycles. The number of para-hydroxylation sites is 1. The molecule has 0 atom stereocenters. The summed E-state index contributed by atoms with van der Waals surface area (Å²) in [4.78, 5) is 1.82. The predicted octanol–water partition coefficient (Wildman–Crippen LogP) is 3.52. The number of anilines is 1. The van der Waals surface area contributed by atoms with E-state index < -0.39 is 5.82 Å². The molecule has 0 bridgehead atoms. The summed E-state index contributed by atoms with van der Waals surface area (Å²) in [6, 6.07) is 14.3. The second kappa shape index (κ2) is 6.76. The van der Waals surface area contributed by atoms with Crippen LogP contribution in [0.15, 0.2) is 42.5 Å². The number of hydrogen-bond donors (Lipinski definition) is 0. The molecule has 0 fully saturated rings. The highest BCUT2D eigenvalue weighted by Gasteiger charge is 2.11. The molecule has 2 aromatic carbocycles. The van der Waals surface area contributed by atoms with E-state index >= 15 is 0 Å². The van der Waals surface area contributed by atoms with Crippen LogP contribution in [0.3, 0.4) is 0 Å². The molecule has 0 heterocycles. The Hall–Kier alpha value is -2.54. The van der Waals surface area contributed by atoms with E-state index in [0.717, 1.165) is 11.3 Å². The van der Waals surface area contributed by atoms with Crippen molar-refractivity contribution in [2.45, 2.75) is 6.92 Å². The van der Waals surface area contributed by atoms with E-state index in [1.165, 1.54) is 6.07 Å². The van der Waals surface area contributed by atoms with Crippen LogP contribution in [0.4, 0.5) is 10.1 Å². The van der Waals surface area contributed by atoms with Crippen molar-refractivity contribution in [2.24, 2.45) is 0 Å². The van der Waals surface area contributed by atoms with Crippen LogP contribution < -0.4 is 9.64 Å². The Bertz CT molecular complexity index is 664. The molecular weight excluding hydrogens is 267 g/mol. The van der Waals surface area contributed by atoms with Crippen LogP contribution in [-0.2, 0) is 0 Å². The van der Waals surface area contributed by atoms with Gasteiger partial charge in [0.2, 0.25) is 0 Å². The lowest BCUT2D eigenvalue weighted by Crippen LogP contribution is -2.24. The van der Waals surface area contributed by atoms with Gasteiger partial charge in [-0.25, -0.2) is 4.39 Å². The van der Waals surface area contributed by atoms with Gasteiger partial charge in [0.15, 0.2) is 0 Å². The third-order valence-corrected chi connectivity index (χ3v) is 3.29. The van der Waals surface area contributed by atoms with Crippen LogP contribution in [0.2, 0.25) is 0 Å². The Kier molecular flexibility index (Phi) is 4.78. The van der Waals surface area contributed by atoms with Gasteiger partial charge >= 0.3 is 0 Å². The minimum atomic E-state index is -0.498. The highest BCUT2D eigenvalue weighted by molar-refractivity contribution is 5.59. The number of likely N-dealkylation sites (N-methyl/N-ethyl adjacent to an activating group) is 1. The largest absolute Gasteiger partial charge is 0.491 e. The number of nitrogens with zero attached hydrogens (tertiary/aromatic N) is 2. The van der Waals surface area contributed by atoms with E-state index in [9.17, 15) is 4.39 Å².